The molecular weight excluding hydrogens is 316 g/mol. The van der Waals surface area contributed by atoms with Crippen LogP contribution in [0.15, 0.2) is 24.3 Å². The molecule has 0 radical (unpaired) electrons. The van der Waals surface area contributed by atoms with Crippen LogP contribution in [0.3, 0.4) is 0 Å². The van der Waals surface area contributed by atoms with Crippen LogP contribution >= 0.6 is 0 Å². The molecule has 1 heterocycles. The van der Waals surface area contributed by atoms with Crippen LogP contribution in [0.2, 0.25) is 0 Å². The van der Waals surface area contributed by atoms with E-state index in [4.69, 9.17) is 4.74 Å². The van der Waals surface area contributed by atoms with Gasteiger partial charge in [-0.2, -0.15) is 0 Å². The number of rotatable bonds is 6. The largest absolute Gasteiger partial charge is 0.497 e. The van der Waals surface area contributed by atoms with Crippen LogP contribution in [0, 0.1) is 17.8 Å². The van der Waals surface area contributed by atoms with Crippen molar-refractivity contribution in [2.24, 2.45) is 17.8 Å². The van der Waals surface area contributed by atoms with E-state index in [1.807, 2.05) is 43.0 Å². The number of amides is 2. The Morgan fingerprint density at radius 3 is 2.44 bits per heavy atom. The van der Waals surface area contributed by atoms with Gasteiger partial charge in [0.05, 0.1) is 13.0 Å². The lowest BCUT2D eigenvalue weighted by Gasteiger charge is -2.18. The first-order valence-corrected chi connectivity index (χ1v) is 9.20. The predicted molar refractivity (Wildman–Crippen MR) is 96.4 cm³/mol. The molecule has 5 heteroatoms. The average molecular weight is 344 g/mol. The number of ether oxygens (including phenoxy) is 1. The van der Waals surface area contributed by atoms with Crippen LogP contribution in [-0.4, -0.2) is 43.5 Å². The highest BCUT2D eigenvalue weighted by atomic mass is 16.5. The second kappa shape index (κ2) is 7.46. The first-order valence-electron chi connectivity index (χ1n) is 9.20. The fourth-order valence-corrected chi connectivity index (χ4v) is 3.50. The molecule has 5 nitrogen and oxygen atoms in total. The van der Waals surface area contributed by atoms with Crippen molar-refractivity contribution in [3.8, 4) is 5.75 Å². The Morgan fingerprint density at radius 1 is 1.20 bits per heavy atom. The lowest BCUT2D eigenvalue weighted by atomic mass is 9.88. The summed E-state index contributed by atoms with van der Waals surface area (Å²) in [6.45, 7) is 5.69. The Kier molecular flexibility index (Phi) is 5.30. The Bertz CT molecular complexity index is 622. The van der Waals surface area contributed by atoms with Gasteiger partial charge in [-0.25, -0.2) is 0 Å². The minimum Gasteiger partial charge on any atom is -0.497 e. The number of hydrogen-bond acceptors (Lipinski definition) is 3. The summed E-state index contributed by atoms with van der Waals surface area (Å²) >= 11 is 0. The predicted octanol–water partition coefficient (Wildman–Crippen LogP) is 2.42. The minimum atomic E-state index is -0.185. The van der Waals surface area contributed by atoms with Crippen molar-refractivity contribution in [3.63, 3.8) is 0 Å². The van der Waals surface area contributed by atoms with E-state index in [0.29, 0.717) is 19.0 Å². The van der Waals surface area contributed by atoms with Crippen LogP contribution in [0.25, 0.3) is 0 Å². The zero-order valence-electron chi connectivity index (χ0n) is 15.3. The molecule has 0 aromatic heterocycles. The van der Waals surface area contributed by atoms with Gasteiger partial charge >= 0.3 is 0 Å². The molecule has 2 atom stereocenters. The molecule has 0 spiro atoms. The summed E-state index contributed by atoms with van der Waals surface area (Å²) in [7, 11) is 1.64. The SMILES string of the molecule is COc1ccc([C@@H]2CN(C(=O)C(C)C)C[C@H]2C(=O)NCC2CC2)cc1. The van der Waals surface area contributed by atoms with E-state index in [-0.39, 0.29) is 29.6 Å². The van der Waals surface area contributed by atoms with E-state index in [9.17, 15) is 9.59 Å². The van der Waals surface area contributed by atoms with Gasteiger partial charge in [0, 0.05) is 31.5 Å². The van der Waals surface area contributed by atoms with Crippen molar-refractivity contribution < 1.29 is 14.3 Å². The number of carbonyl (C=O) groups excluding carboxylic acids is 2. The summed E-state index contributed by atoms with van der Waals surface area (Å²) in [5, 5.41) is 3.10. The monoisotopic (exact) mass is 344 g/mol. The highest BCUT2D eigenvalue weighted by Crippen LogP contribution is 2.35. The van der Waals surface area contributed by atoms with E-state index in [0.717, 1.165) is 17.9 Å². The summed E-state index contributed by atoms with van der Waals surface area (Å²) in [6, 6.07) is 7.85. The van der Waals surface area contributed by atoms with Crippen molar-refractivity contribution in [2.75, 3.05) is 26.7 Å². The molecule has 0 bridgehead atoms. The molecule has 1 N–H and O–H groups in total. The molecule has 1 saturated heterocycles. The van der Waals surface area contributed by atoms with Gasteiger partial charge in [-0.05, 0) is 36.5 Å². The van der Waals surface area contributed by atoms with E-state index in [1.165, 1.54) is 12.8 Å². The molecule has 2 amide bonds. The van der Waals surface area contributed by atoms with E-state index in [2.05, 4.69) is 5.32 Å². The topological polar surface area (TPSA) is 58.6 Å². The van der Waals surface area contributed by atoms with E-state index >= 15 is 0 Å². The maximum absolute atomic E-state index is 12.7. The van der Waals surface area contributed by atoms with Crippen LogP contribution in [0.1, 0.15) is 38.2 Å². The van der Waals surface area contributed by atoms with Crippen LogP contribution in [0.4, 0.5) is 0 Å². The molecule has 1 saturated carbocycles. The summed E-state index contributed by atoms with van der Waals surface area (Å²) in [5.41, 5.74) is 1.09. The van der Waals surface area contributed by atoms with Gasteiger partial charge in [0.25, 0.3) is 0 Å². The van der Waals surface area contributed by atoms with Crippen molar-refractivity contribution in [1.82, 2.24) is 10.2 Å². The molecule has 2 aliphatic rings. The maximum atomic E-state index is 12.7. The van der Waals surface area contributed by atoms with Gasteiger partial charge in [-0.3, -0.25) is 9.59 Å². The second-order valence-corrected chi connectivity index (χ2v) is 7.57. The molecule has 25 heavy (non-hydrogen) atoms. The third-order valence-electron chi connectivity index (χ3n) is 5.27. The zero-order chi connectivity index (χ0) is 18.0. The summed E-state index contributed by atoms with van der Waals surface area (Å²) < 4.78 is 5.22. The number of carbonyl (C=O) groups is 2. The molecule has 2 fully saturated rings. The van der Waals surface area contributed by atoms with Gasteiger partial charge in [0.1, 0.15) is 5.75 Å². The smallest absolute Gasteiger partial charge is 0.225 e. The molecule has 136 valence electrons. The number of benzene rings is 1. The first kappa shape index (κ1) is 17.8. The maximum Gasteiger partial charge on any atom is 0.225 e. The van der Waals surface area contributed by atoms with Gasteiger partial charge in [0.15, 0.2) is 0 Å². The summed E-state index contributed by atoms with van der Waals surface area (Å²) in [6.07, 6.45) is 2.43. The number of nitrogens with zero attached hydrogens (tertiary/aromatic N) is 1. The molecule has 1 aliphatic heterocycles. The highest BCUT2D eigenvalue weighted by Gasteiger charge is 2.41. The van der Waals surface area contributed by atoms with Gasteiger partial charge in [0.2, 0.25) is 11.8 Å². The van der Waals surface area contributed by atoms with Crippen molar-refractivity contribution in [1.29, 1.82) is 0 Å². The number of nitrogens with one attached hydrogen (secondary N) is 1. The Hall–Kier alpha value is -2.04. The van der Waals surface area contributed by atoms with Gasteiger partial charge in [-0.15, -0.1) is 0 Å². The molecule has 1 aromatic carbocycles. The second-order valence-electron chi connectivity index (χ2n) is 7.57. The van der Waals surface area contributed by atoms with Gasteiger partial charge in [-0.1, -0.05) is 26.0 Å². The lowest BCUT2D eigenvalue weighted by molar-refractivity contribution is -0.133. The number of methoxy groups -OCH3 is 1. The molecular formula is C20H28N2O3. The molecule has 1 aliphatic carbocycles. The van der Waals surface area contributed by atoms with Crippen molar-refractivity contribution in [3.05, 3.63) is 29.8 Å². The molecule has 3 rings (SSSR count). The normalized spacial score (nSPS) is 23.0. The lowest BCUT2D eigenvalue weighted by Crippen LogP contribution is -2.37. The molecule has 1 aromatic rings. The number of likely N-dealkylation sites (tertiary alicyclic amines) is 1. The average Bonchev–Trinajstić information content (AvgIpc) is 3.35. The fourth-order valence-electron chi connectivity index (χ4n) is 3.50. The Labute approximate surface area is 149 Å². The Morgan fingerprint density at radius 2 is 1.88 bits per heavy atom. The zero-order valence-corrected chi connectivity index (χ0v) is 15.3. The van der Waals surface area contributed by atoms with E-state index in [1.54, 1.807) is 7.11 Å². The van der Waals surface area contributed by atoms with Crippen molar-refractivity contribution >= 4 is 11.8 Å². The Balaban J connectivity index is 1.76. The third kappa shape index (κ3) is 4.14. The van der Waals surface area contributed by atoms with Crippen LogP contribution in [-0.2, 0) is 9.59 Å². The van der Waals surface area contributed by atoms with Crippen LogP contribution in [0.5, 0.6) is 5.75 Å². The van der Waals surface area contributed by atoms with E-state index < -0.39 is 0 Å². The first-order chi connectivity index (χ1) is 12.0. The third-order valence-corrected chi connectivity index (χ3v) is 5.27. The van der Waals surface area contributed by atoms with Crippen LogP contribution < -0.4 is 10.1 Å². The summed E-state index contributed by atoms with van der Waals surface area (Å²) in [4.78, 5) is 27.0. The minimum absolute atomic E-state index is 0.0350. The quantitative estimate of drug-likeness (QED) is 0.862. The molecule has 0 unspecified atom stereocenters. The highest BCUT2D eigenvalue weighted by molar-refractivity contribution is 5.84. The standard InChI is InChI=1S/C20H28N2O3/c1-13(2)20(24)22-11-17(15-6-8-16(25-3)9-7-15)18(12-22)19(23)21-10-14-4-5-14/h6-9,13-14,17-18H,4-5,10-12H2,1-3H3,(H,21,23)/t17-,18+/m0/s1. The fraction of sp³-hybridized carbons (Fsp3) is 0.600. The number of hydrogen-bond donors (Lipinski definition) is 1. The van der Waals surface area contributed by atoms with Crippen molar-refractivity contribution in [2.45, 2.75) is 32.6 Å². The van der Waals surface area contributed by atoms with Gasteiger partial charge < -0.3 is 15.0 Å². The summed E-state index contributed by atoms with van der Waals surface area (Å²) in [5.74, 6) is 1.44.